The predicted octanol–water partition coefficient (Wildman–Crippen LogP) is 4.10. The van der Waals surface area contributed by atoms with Crippen LogP contribution in [0.2, 0.25) is 0 Å². The van der Waals surface area contributed by atoms with Crippen LogP contribution >= 0.6 is 11.8 Å². The summed E-state index contributed by atoms with van der Waals surface area (Å²) < 4.78 is 0. The lowest BCUT2D eigenvalue weighted by Gasteiger charge is -2.15. The monoisotopic (exact) mass is 329 g/mol. The third kappa shape index (κ3) is 5.41. The minimum absolute atomic E-state index is 0.0414. The van der Waals surface area contributed by atoms with E-state index in [1.165, 1.54) is 11.8 Å². The van der Waals surface area contributed by atoms with Crippen molar-refractivity contribution in [3.8, 4) is 0 Å². The number of carbonyl (C=O) groups is 1. The van der Waals surface area contributed by atoms with Gasteiger partial charge in [-0.15, -0.1) is 11.8 Å². The van der Waals surface area contributed by atoms with E-state index in [0.29, 0.717) is 5.75 Å². The summed E-state index contributed by atoms with van der Waals surface area (Å²) in [6.07, 6.45) is -0.558. The van der Waals surface area contributed by atoms with Crippen molar-refractivity contribution in [2.24, 2.45) is 0 Å². The van der Waals surface area contributed by atoms with Gasteiger partial charge in [-0.05, 0) is 49.6 Å². The lowest BCUT2D eigenvalue weighted by Crippen LogP contribution is -2.23. The molecule has 0 saturated carbocycles. The standard InChI is InChI=1S/C19H23NO2S/c1-13-9-14(2)11-17(10-13)20-19(22)15(3)23-12-18(21)16-7-5-4-6-8-16/h4-11,15,18,21H,12H2,1-3H3,(H,20,22). The third-order valence-corrected chi connectivity index (χ3v) is 4.77. The van der Waals surface area contributed by atoms with Crippen LogP contribution in [0, 0.1) is 13.8 Å². The minimum atomic E-state index is -0.558. The number of nitrogens with one attached hydrogen (secondary N) is 1. The van der Waals surface area contributed by atoms with E-state index in [9.17, 15) is 9.90 Å². The lowest BCUT2D eigenvalue weighted by atomic mass is 10.1. The van der Waals surface area contributed by atoms with E-state index >= 15 is 0 Å². The van der Waals surface area contributed by atoms with E-state index in [0.717, 1.165) is 22.4 Å². The summed E-state index contributed by atoms with van der Waals surface area (Å²) >= 11 is 1.45. The summed E-state index contributed by atoms with van der Waals surface area (Å²) in [6, 6.07) is 15.5. The van der Waals surface area contributed by atoms with Gasteiger partial charge in [-0.25, -0.2) is 0 Å². The Morgan fingerprint density at radius 3 is 2.35 bits per heavy atom. The fraction of sp³-hybridized carbons (Fsp3) is 0.316. The lowest BCUT2D eigenvalue weighted by molar-refractivity contribution is -0.115. The van der Waals surface area contributed by atoms with Crippen LogP contribution in [0.5, 0.6) is 0 Å². The van der Waals surface area contributed by atoms with Crippen molar-refractivity contribution < 1.29 is 9.90 Å². The summed E-state index contributed by atoms with van der Waals surface area (Å²) in [4.78, 5) is 12.3. The van der Waals surface area contributed by atoms with Crippen molar-refractivity contribution >= 4 is 23.4 Å². The SMILES string of the molecule is Cc1cc(C)cc(NC(=O)C(C)SCC(O)c2ccccc2)c1. The Morgan fingerprint density at radius 2 is 1.74 bits per heavy atom. The maximum atomic E-state index is 12.3. The molecule has 2 N–H and O–H groups in total. The highest BCUT2D eigenvalue weighted by molar-refractivity contribution is 8.00. The first kappa shape index (κ1) is 17.6. The van der Waals surface area contributed by atoms with Gasteiger partial charge in [0.25, 0.3) is 0 Å². The smallest absolute Gasteiger partial charge is 0.237 e. The van der Waals surface area contributed by atoms with E-state index in [1.807, 2.05) is 63.2 Å². The largest absolute Gasteiger partial charge is 0.388 e. The molecule has 0 aliphatic rings. The molecule has 0 heterocycles. The highest BCUT2D eigenvalue weighted by Crippen LogP contribution is 2.22. The summed E-state index contributed by atoms with van der Waals surface area (Å²) in [5.41, 5.74) is 3.95. The summed E-state index contributed by atoms with van der Waals surface area (Å²) in [5.74, 6) is 0.450. The van der Waals surface area contributed by atoms with Gasteiger partial charge in [0, 0.05) is 11.4 Å². The molecular formula is C19H23NO2S. The van der Waals surface area contributed by atoms with Crippen LogP contribution in [0.4, 0.5) is 5.69 Å². The van der Waals surface area contributed by atoms with Gasteiger partial charge < -0.3 is 10.4 Å². The molecule has 2 aromatic rings. The average molecular weight is 329 g/mol. The van der Waals surface area contributed by atoms with Crippen LogP contribution in [0.1, 0.15) is 29.7 Å². The zero-order valence-electron chi connectivity index (χ0n) is 13.7. The van der Waals surface area contributed by atoms with Crippen molar-refractivity contribution in [2.75, 3.05) is 11.1 Å². The first-order valence-corrected chi connectivity index (χ1v) is 8.74. The van der Waals surface area contributed by atoms with Gasteiger partial charge in [-0.1, -0.05) is 36.4 Å². The number of carbonyl (C=O) groups excluding carboxylic acids is 1. The van der Waals surface area contributed by atoms with Crippen molar-refractivity contribution in [1.29, 1.82) is 0 Å². The van der Waals surface area contributed by atoms with Gasteiger partial charge >= 0.3 is 0 Å². The van der Waals surface area contributed by atoms with Crippen molar-refractivity contribution in [3.05, 3.63) is 65.2 Å². The molecule has 2 atom stereocenters. The van der Waals surface area contributed by atoms with E-state index in [2.05, 4.69) is 11.4 Å². The van der Waals surface area contributed by atoms with Gasteiger partial charge in [0.1, 0.15) is 0 Å². The van der Waals surface area contributed by atoms with Crippen LogP contribution < -0.4 is 5.32 Å². The molecule has 2 aromatic carbocycles. The molecule has 0 saturated heterocycles. The maximum absolute atomic E-state index is 12.3. The number of rotatable bonds is 6. The molecule has 4 heteroatoms. The Balaban J connectivity index is 1.87. The molecule has 0 radical (unpaired) electrons. The average Bonchev–Trinajstić information content (AvgIpc) is 2.52. The highest BCUT2D eigenvalue weighted by atomic mass is 32.2. The fourth-order valence-corrected chi connectivity index (χ4v) is 3.25. The van der Waals surface area contributed by atoms with E-state index in [1.54, 1.807) is 0 Å². The number of hydrogen-bond donors (Lipinski definition) is 2. The summed E-state index contributed by atoms with van der Waals surface area (Å²) in [7, 11) is 0. The summed E-state index contributed by atoms with van der Waals surface area (Å²) in [6.45, 7) is 5.88. The molecule has 0 aliphatic carbocycles. The second-order valence-corrected chi connectivity index (χ2v) is 7.14. The molecule has 1 amide bonds. The van der Waals surface area contributed by atoms with Gasteiger partial charge in [-0.3, -0.25) is 4.79 Å². The number of aryl methyl sites for hydroxylation is 2. The molecule has 0 spiro atoms. The molecule has 122 valence electrons. The molecule has 0 aromatic heterocycles. The first-order chi connectivity index (χ1) is 11.0. The quantitative estimate of drug-likeness (QED) is 0.839. The molecule has 0 bridgehead atoms. The van der Waals surface area contributed by atoms with Crippen molar-refractivity contribution in [3.63, 3.8) is 0 Å². The number of aliphatic hydroxyl groups is 1. The molecule has 2 rings (SSSR count). The molecule has 23 heavy (non-hydrogen) atoms. The third-order valence-electron chi connectivity index (χ3n) is 3.55. The van der Waals surface area contributed by atoms with E-state index < -0.39 is 6.10 Å². The van der Waals surface area contributed by atoms with Crippen LogP contribution in [0.25, 0.3) is 0 Å². The zero-order valence-corrected chi connectivity index (χ0v) is 14.6. The number of aliphatic hydroxyl groups excluding tert-OH is 1. The van der Waals surface area contributed by atoms with Crippen molar-refractivity contribution in [2.45, 2.75) is 32.1 Å². The van der Waals surface area contributed by atoms with Gasteiger partial charge in [0.15, 0.2) is 0 Å². The Kier molecular flexibility index (Phi) is 6.25. The second-order valence-electron chi connectivity index (χ2n) is 5.77. The molecule has 2 unspecified atom stereocenters. The molecule has 0 fully saturated rings. The second kappa shape index (κ2) is 8.18. The van der Waals surface area contributed by atoms with Crippen LogP contribution in [-0.2, 0) is 4.79 Å². The predicted molar refractivity (Wildman–Crippen MR) is 97.9 cm³/mol. The normalized spacial score (nSPS) is 13.4. The number of hydrogen-bond acceptors (Lipinski definition) is 3. The van der Waals surface area contributed by atoms with E-state index in [4.69, 9.17) is 0 Å². The minimum Gasteiger partial charge on any atom is -0.388 e. The fourth-order valence-electron chi connectivity index (χ4n) is 2.37. The number of anilines is 1. The van der Waals surface area contributed by atoms with E-state index in [-0.39, 0.29) is 11.2 Å². The topological polar surface area (TPSA) is 49.3 Å². The maximum Gasteiger partial charge on any atom is 0.237 e. The Bertz CT molecular complexity index is 637. The zero-order chi connectivity index (χ0) is 16.8. The van der Waals surface area contributed by atoms with Crippen LogP contribution in [-0.4, -0.2) is 22.0 Å². The first-order valence-electron chi connectivity index (χ1n) is 7.69. The highest BCUT2D eigenvalue weighted by Gasteiger charge is 2.16. The molecule has 0 aliphatic heterocycles. The van der Waals surface area contributed by atoms with Crippen molar-refractivity contribution in [1.82, 2.24) is 0 Å². The number of amides is 1. The Morgan fingerprint density at radius 1 is 1.13 bits per heavy atom. The molecular weight excluding hydrogens is 306 g/mol. The van der Waals surface area contributed by atoms with Gasteiger partial charge in [0.2, 0.25) is 5.91 Å². The Hall–Kier alpha value is -1.78. The van der Waals surface area contributed by atoms with Crippen LogP contribution in [0.15, 0.2) is 48.5 Å². The molecule has 3 nitrogen and oxygen atoms in total. The number of thioether (sulfide) groups is 1. The van der Waals surface area contributed by atoms with Gasteiger partial charge in [0.05, 0.1) is 11.4 Å². The number of benzene rings is 2. The Labute approximate surface area is 142 Å². The van der Waals surface area contributed by atoms with Crippen LogP contribution in [0.3, 0.4) is 0 Å². The van der Waals surface area contributed by atoms with Gasteiger partial charge in [-0.2, -0.15) is 0 Å². The summed E-state index contributed by atoms with van der Waals surface area (Å²) in [5, 5.41) is 12.9.